The first-order chi connectivity index (χ1) is 14.3. The van der Waals surface area contributed by atoms with Crippen LogP contribution in [-0.2, 0) is 11.3 Å². The molecule has 3 aromatic rings. The van der Waals surface area contributed by atoms with Gasteiger partial charge in [0.25, 0.3) is 11.8 Å². The fourth-order valence-electron chi connectivity index (χ4n) is 2.95. The summed E-state index contributed by atoms with van der Waals surface area (Å²) >= 11 is 3.45. The Morgan fingerprint density at radius 1 is 1.10 bits per heavy atom. The Labute approximate surface area is 183 Å². The maximum atomic E-state index is 12.5. The zero-order valence-corrected chi connectivity index (χ0v) is 18.6. The van der Waals surface area contributed by atoms with E-state index >= 15 is 0 Å². The van der Waals surface area contributed by atoms with Crippen molar-refractivity contribution in [1.29, 1.82) is 0 Å². The van der Waals surface area contributed by atoms with E-state index in [1.54, 1.807) is 49.6 Å². The second-order valence-corrected chi connectivity index (χ2v) is 7.87. The van der Waals surface area contributed by atoms with Gasteiger partial charge in [-0.15, -0.1) is 0 Å². The summed E-state index contributed by atoms with van der Waals surface area (Å²) in [4.78, 5) is 24.7. The minimum absolute atomic E-state index is 0.220. The molecule has 30 heavy (non-hydrogen) atoms. The smallest absolute Gasteiger partial charge is 0.265 e. The molecule has 156 valence electrons. The van der Waals surface area contributed by atoms with Crippen molar-refractivity contribution in [3.05, 3.63) is 81.7 Å². The minimum Gasteiger partial charge on any atom is -0.480 e. The van der Waals surface area contributed by atoms with Crippen molar-refractivity contribution >= 4 is 33.4 Å². The van der Waals surface area contributed by atoms with Crippen molar-refractivity contribution in [3.63, 3.8) is 0 Å². The number of nitrogens with one attached hydrogen (secondary N) is 2. The summed E-state index contributed by atoms with van der Waals surface area (Å²) in [6, 6.07) is 14.1. The van der Waals surface area contributed by atoms with Crippen molar-refractivity contribution in [2.75, 3.05) is 5.32 Å². The Morgan fingerprint density at radius 3 is 2.37 bits per heavy atom. The van der Waals surface area contributed by atoms with Gasteiger partial charge in [0.05, 0.1) is 12.8 Å². The molecule has 6 nitrogen and oxygen atoms in total. The van der Waals surface area contributed by atoms with Gasteiger partial charge in [0.2, 0.25) is 0 Å². The molecule has 3 rings (SSSR count). The van der Waals surface area contributed by atoms with E-state index in [0.717, 1.165) is 15.6 Å². The molecule has 0 spiro atoms. The zero-order chi connectivity index (χ0) is 21.7. The molecule has 1 atom stereocenters. The monoisotopic (exact) mass is 470 g/mol. The van der Waals surface area contributed by atoms with Crippen LogP contribution in [0.25, 0.3) is 0 Å². The number of furan rings is 1. The Hall–Kier alpha value is -3.06. The highest BCUT2D eigenvalue weighted by atomic mass is 79.9. The molecule has 0 bridgehead atoms. The predicted molar refractivity (Wildman–Crippen MR) is 119 cm³/mol. The zero-order valence-electron chi connectivity index (χ0n) is 17.0. The summed E-state index contributed by atoms with van der Waals surface area (Å²) in [5.74, 6) is 0.885. The van der Waals surface area contributed by atoms with Gasteiger partial charge in [0.15, 0.2) is 6.10 Å². The number of carbonyl (C=O) groups excluding carboxylic acids is 2. The van der Waals surface area contributed by atoms with E-state index in [1.165, 1.54) is 0 Å². The normalized spacial score (nSPS) is 11.6. The van der Waals surface area contributed by atoms with Crippen LogP contribution < -0.4 is 15.4 Å². The third-order valence-corrected chi connectivity index (χ3v) is 4.96. The average molecular weight is 471 g/mol. The van der Waals surface area contributed by atoms with Gasteiger partial charge in [-0.2, -0.15) is 0 Å². The maximum Gasteiger partial charge on any atom is 0.265 e. The van der Waals surface area contributed by atoms with Crippen molar-refractivity contribution < 1.29 is 18.7 Å². The van der Waals surface area contributed by atoms with Crippen LogP contribution in [0.5, 0.6) is 5.75 Å². The molecule has 2 N–H and O–H groups in total. The summed E-state index contributed by atoms with van der Waals surface area (Å²) < 4.78 is 12.0. The first kappa shape index (κ1) is 21.6. The SMILES string of the molecule is Cc1cc(Br)cc(C)c1OC(C)C(=O)Nc1ccc(C(=O)NCc2ccco2)cc1. The summed E-state index contributed by atoms with van der Waals surface area (Å²) in [5, 5.41) is 5.59. The number of amides is 2. The number of carbonyl (C=O) groups is 2. The van der Waals surface area contributed by atoms with Crippen LogP contribution >= 0.6 is 15.9 Å². The fraction of sp³-hybridized carbons (Fsp3) is 0.217. The number of aryl methyl sites for hydroxylation is 2. The minimum atomic E-state index is -0.681. The highest BCUT2D eigenvalue weighted by Gasteiger charge is 2.18. The lowest BCUT2D eigenvalue weighted by atomic mass is 10.1. The van der Waals surface area contributed by atoms with E-state index in [1.807, 2.05) is 26.0 Å². The number of hydrogen-bond acceptors (Lipinski definition) is 4. The van der Waals surface area contributed by atoms with Gasteiger partial charge in [-0.25, -0.2) is 0 Å². The summed E-state index contributed by atoms with van der Waals surface area (Å²) in [7, 11) is 0. The number of halogens is 1. The molecule has 1 unspecified atom stereocenters. The molecular weight excluding hydrogens is 448 g/mol. The Bertz CT molecular complexity index is 1010. The average Bonchev–Trinajstić information content (AvgIpc) is 3.23. The summed E-state index contributed by atoms with van der Waals surface area (Å²) in [6.07, 6.45) is 0.878. The molecule has 1 heterocycles. The predicted octanol–water partition coefficient (Wildman–Crippen LogP) is 4.99. The van der Waals surface area contributed by atoms with Crippen LogP contribution in [0.15, 0.2) is 63.7 Å². The van der Waals surface area contributed by atoms with E-state index in [0.29, 0.717) is 29.3 Å². The fourth-order valence-corrected chi connectivity index (χ4v) is 3.63. The molecule has 7 heteroatoms. The van der Waals surface area contributed by atoms with Crippen molar-refractivity contribution in [3.8, 4) is 5.75 Å². The number of rotatable bonds is 7. The Balaban J connectivity index is 1.56. The molecule has 0 aliphatic heterocycles. The second-order valence-electron chi connectivity index (χ2n) is 6.96. The van der Waals surface area contributed by atoms with E-state index in [4.69, 9.17) is 9.15 Å². The van der Waals surface area contributed by atoms with Crippen molar-refractivity contribution in [1.82, 2.24) is 5.32 Å². The molecule has 0 saturated heterocycles. The van der Waals surface area contributed by atoms with Gasteiger partial charge in [-0.1, -0.05) is 15.9 Å². The van der Waals surface area contributed by atoms with E-state index in [2.05, 4.69) is 26.6 Å². The maximum absolute atomic E-state index is 12.5. The second kappa shape index (κ2) is 9.63. The summed E-state index contributed by atoms with van der Waals surface area (Å²) in [5.41, 5.74) is 2.98. The molecular formula is C23H23BrN2O4. The lowest BCUT2D eigenvalue weighted by molar-refractivity contribution is -0.122. The van der Waals surface area contributed by atoms with E-state index in [-0.39, 0.29) is 11.8 Å². The van der Waals surface area contributed by atoms with E-state index < -0.39 is 6.10 Å². The molecule has 2 amide bonds. The quantitative estimate of drug-likeness (QED) is 0.509. The molecule has 1 aromatic heterocycles. The van der Waals surface area contributed by atoms with Gasteiger partial charge in [-0.05, 0) is 80.4 Å². The van der Waals surface area contributed by atoms with Crippen LogP contribution in [0, 0.1) is 13.8 Å². The van der Waals surface area contributed by atoms with Gasteiger partial charge in [0, 0.05) is 15.7 Å². The number of ether oxygens (including phenoxy) is 1. The van der Waals surface area contributed by atoms with Crippen molar-refractivity contribution in [2.45, 2.75) is 33.4 Å². The van der Waals surface area contributed by atoms with E-state index in [9.17, 15) is 9.59 Å². The van der Waals surface area contributed by atoms with Crippen LogP contribution in [0.4, 0.5) is 5.69 Å². The largest absolute Gasteiger partial charge is 0.480 e. The molecule has 0 aliphatic rings. The first-order valence-corrected chi connectivity index (χ1v) is 10.3. The van der Waals surface area contributed by atoms with Crippen LogP contribution in [-0.4, -0.2) is 17.9 Å². The number of benzene rings is 2. The third-order valence-electron chi connectivity index (χ3n) is 4.51. The molecule has 0 radical (unpaired) electrons. The van der Waals surface area contributed by atoms with Gasteiger partial charge in [-0.3, -0.25) is 9.59 Å². The highest BCUT2D eigenvalue weighted by molar-refractivity contribution is 9.10. The number of hydrogen-bond donors (Lipinski definition) is 2. The standard InChI is InChI=1S/C23H23BrN2O4/c1-14-11-18(24)12-15(2)21(14)30-16(3)22(27)26-19-8-6-17(7-9-19)23(28)25-13-20-5-4-10-29-20/h4-12,16H,13H2,1-3H3,(H,25,28)(H,26,27). The highest BCUT2D eigenvalue weighted by Crippen LogP contribution is 2.28. The topological polar surface area (TPSA) is 80.6 Å². The molecule has 0 aliphatic carbocycles. The van der Waals surface area contributed by atoms with Gasteiger partial charge in [0.1, 0.15) is 11.5 Å². The summed E-state index contributed by atoms with van der Waals surface area (Å²) in [6.45, 7) is 5.89. The van der Waals surface area contributed by atoms with Gasteiger partial charge < -0.3 is 19.8 Å². The lowest BCUT2D eigenvalue weighted by Crippen LogP contribution is -2.30. The lowest BCUT2D eigenvalue weighted by Gasteiger charge is -2.18. The Morgan fingerprint density at radius 2 is 1.77 bits per heavy atom. The first-order valence-electron chi connectivity index (χ1n) is 9.48. The van der Waals surface area contributed by atoms with Crippen LogP contribution in [0.1, 0.15) is 34.2 Å². The molecule has 0 fully saturated rings. The molecule has 0 saturated carbocycles. The van der Waals surface area contributed by atoms with Crippen molar-refractivity contribution in [2.24, 2.45) is 0 Å². The van der Waals surface area contributed by atoms with Gasteiger partial charge >= 0.3 is 0 Å². The Kier molecular flexibility index (Phi) is 6.95. The van der Waals surface area contributed by atoms with Crippen LogP contribution in [0.2, 0.25) is 0 Å². The number of anilines is 1. The van der Waals surface area contributed by atoms with Crippen LogP contribution in [0.3, 0.4) is 0 Å². The third kappa shape index (κ3) is 5.51. The molecule has 2 aromatic carbocycles.